The van der Waals surface area contributed by atoms with Gasteiger partial charge in [0.15, 0.2) is 0 Å². The number of aromatic hydroxyl groups is 1. The highest BCUT2D eigenvalue weighted by Gasteiger charge is 2.42. The number of para-hydroxylation sites is 1. The summed E-state index contributed by atoms with van der Waals surface area (Å²) in [6, 6.07) is 60.4. The molecule has 0 aliphatic carbocycles. The number of phenols is 1. The largest absolute Gasteiger partial charge is 0.507 e. The van der Waals surface area contributed by atoms with Crippen molar-refractivity contribution in [3.05, 3.63) is 186 Å². The second kappa shape index (κ2) is 16.1. The zero-order valence-electron chi connectivity index (χ0n) is 43.6. The van der Waals surface area contributed by atoms with Crippen LogP contribution in [0.2, 0.25) is 0 Å². The zero-order valence-corrected chi connectivity index (χ0v) is 43.6. The summed E-state index contributed by atoms with van der Waals surface area (Å²) in [5.74, 6) is 1.34. The third kappa shape index (κ3) is 6.73. The molecule has 1 N–H and O–H groups in total. The number of hydrogen-bond acceptors (Lipinski definition) is 3. The van der Waals surface area contributed by atoms with Crippen molar-refractivity contribution in [3.8, 4) is 67.5 Å². The molecule has 356 valence electrons. The van der Waals surface area contributed by atoms with Crippen LogP contribution in [-0.4, -0.2) is 26.4 Å². The minimum Gasteiger partial charge on any atom is -0.507 e. The smallest absolute Gasteiger partial charge is 0.244 e. The van der Waals surface area contributed by atoms with Gasteiger partial charge in [-0.1, -0.05) is 213 Å². The number of hydrogen-bond donors (Lipinski definition) is 1. The molecule has 2 aromatic heterocycles. The van der Waals surface area contributed by atoms with Gasteiger partial charge >= 0.3 is 0 Å². The lowest BCUT2D eigenvalue weighted by Gasteiger charge is -2.28. The van der Waals surface area contributed by atoms with Gasteiger partial charge in [0.05, 0.1) is 33.5 Å². The summed E-state index contributed by atoms with van der Waals surface area (Å²) in [4.78, 5) is 11.6. The highest BCUT2D eigenvalue weighted by Crippen LogP contribution is 2.48. The number of benzene rings is 9. The van der Waals surface area contributed by atoms with Crippen LogP contribution in [0.15, 0.2) is 164 Å². The average Bonchev–Trinajstić information content (AvgIpc) is 4.05. The number of pyridine rings is 1. The predicted molar refractivity (Wildman–Crippen MR) is 310 cm³/mol. The van der Waals surface area contributed by atoms with Crippen LogP contribution in [0.1, 0.15) is 103 Å². The van der Waals surface area contributed by atoms with Crippen molar-refractivity contribution in [1.29, 1.82) is 0 Å². The van der Waals surface area contributed by atoms with Gasteiger partial charge in [-0.3, -0.25) is 4.57 Å². The van der Waals surface area contributed by atoms with Gasteiger partial charge in [0.2, 0.25) is 6.71 Å². The normalized spacial score (nSPS) is 13.1. The van der Waals surface area contributed by atoms with Crippen molar-refractivity contribution < 1.29 is 5.11 Å². The lowest BCUT2D eigenvalue weighted by molar-refractivity contribution is 0.446. The van der Waals surface area contributed by atoms with Crippen LogP contribution in [0, 0.1) is 0 Å². The number of aromatic nitrogens is 3. The van der Waals surface area contributed by atoms with E-state index in [2.05, 4.69) is 238 Å². The Bertz CT molecular complexity index is 4100. The fourth-order valence-corrected chi connectivity index (χ4v) is 12.5. The Morgan fingerprint density at radius 1 is 0.493 bits per heavy atom. The first-order valence-electron chi connectivity index (χ1n) is 26.2. The number of phenolic OH excluding ortho intramolecular Hbond substituents is 1. The molecule has 5 heteroatoms. The van der Waals surface area contributed by atoms with E-state index >= 15 is 0 Å². The van der Waals surface area contributed by atoms with Crippen molar-refractivity contribution in [1.82, 2.24) is 14.5 Å². The highest BCUT2D eigenvalue weighted by molar-refractivity contribution is 7.02. The molecule has 73 heavy (non-hydrogen) atoms. The van der Waals surface area contributed by atoms with Crippen molar-refractivity contribution in [2.24, 2.45) is 0 Å². The number of imidazole rings is 1. The highest BCUT2D eigenvalue weighted by atomic mass is 16.3. The van der Waals surface area contributed by atoms with Crippen molar-refractivity contribution in [3.63, 3.8) is 0 Å². The van der Waals surface area contributed by atoms with Gasteiger partial charge in [0.1, 0.15) is 11.6 Å². The Morgan fingerprint density at radius 2 is 1.14 bits per heavy atom. The number of nitrogens with zero attached hydrogens (tertiary/aromatic N) is 3. The van der Waals surface area contributed by atoms with Gasteiger partial charge in [-0.2, -0.15) is 0 Å². The minimum atomic E-state index is -0.333. The molecule has 0 spiro atoms. The van der Waals surface area contributed by atoms with Gasteiger partial charge in [-0.25, -0.2) is 9.97 Å². The molecule has 0 amide bonds. The molecule has 0 radical (unpaired) electrons. The third-order valence-corrected chi connectivity index (χ3v) is 16.1. The van der Waals surface area contributed by atoms with E-state index in [9.17, 15) is 5.11 Å². The Kier molecular flexibility index (Phi) is 9.97. The molecule has 9 aromatic carbocycles. The zero-order chi connectivity index (χ0) is 50.4. The molecule has 0 saturated heterocycles. The molecule has 11 aromatic rings. The van der Waals surface area contributed by atoms with Gasteiger partial charge in [0.25, 0.3) is 0 Å². The van der Waals surface area contributed by atoms with E-state index in [4.69, 9.17) is 9.97 Å². The first kappa shape index (κ1) is 45.1. The average molecular weight is 946 g/mol. The fraction of sp³-hybridized carbons (Fsp3) is 0.206. The Balaban J connectivity index is 1.11. The summed E-state index contributed by atoms with van der Waals surface area (Å²) in [5.41, 5.74) is 22.4. The van der Waals surface area contributed by atoms with Crippen molar-refractivity contribution >= 4 is 66.6 Å². The minimum absolute atomic E-state index is 0.175. The van der Waals surface area contributed by atoms with Crippen LogP contribution in [0.4, 0.5) is 0 Å². The van der Waals surface area contributed by atoms with Crippen LogP contribution >= 0.6 is 0 Å². The summed E-state index contributed by atoms with van der Waals surface area (Å²) in [5, 5.41) is 18.7. The molecular formula is C68H60BN3O. The molecule has 0 unspecified atom stereocenters. The summed E-state index contributed by atoms with van der Waals surface area (Å²) in [7, 11) is 0. The van der Waals surface area contributed by atoms with E-state index in [-0.39, 0.29) is 35.1 Å². The van der Waals surface area contributed by atoms with E-state index in [1.54, 1.807) is 0 Å². The molecule has 4 nitrogen and oxygen atoms in total. The second-order valence-corrected chi connectivity index (χ2v) is 23.4. The molecule has 0 bridgehead atoms. The van der Waals surface area contributed by atoms with E-state index < -0.39 is 0 Å². The molecule has 4 heterocycles. The fourth-order valence-electron chi connectivity index (χ4n) is 12.5. The van der Waals surface area contributed by atoms with Crippen molar-refractivity contribution in [2.75, 3.05) is 0 Å². The van der Waals surface area contributed by atoms with E-state index in [1.807, 2.05) is 0 Å². The van der Waals surface area contributed by atoms with Gasteiger partial charge in [0, 0.05) is 21.9 Å². The maximum absolute atomic E-state index is 12.8. The quantitative estimate of drug-likeness (QED) is 0.133. The van der Waals surface area contributed by atoms with Crippen LogP contribution in [0.3, 0.4) is 0 Å². The first-order valence-corrected chi connectivity index (χ1v) is 26.2. The van der Waals surface area contributed by atoms with Crippen LogP contribution in [-0.2, 0) is 10.8 Å². The molecule has 2 aliphatic heterocycles. The summed E-state index contributed by atoms with van der Waals surface area (Å²) in [6.07, 6.45) is 0. The molecular weight excluding hydrogens is 886 g/mol. The topological polar surface area (TPSA) is 50.9 Å². The van der Waals surface area contributed by atoms with Gasteiger partial charge in [-0.05, 0) is 125 Å². The van der Waals surface area contributed by atoms with Crippen LogP contribution in [0.25, 0.3) is 105 Å². The second-order valence-electron chi connectivity index (χ2n) is 23.4. The third-order valence-electron chi connectivity index (χ3n) is 16.1. The molecule has 2 aliphatic rings. The lowest BCUT2D eigenvalue weighted by atomic mass is 9.41. The predicted octanol–water partition coefficient (Wildman–Crippen LogP) is 15.9. The number of rotatable bonds is 6. The summed E-state index contributed by atoms with van der Waals surface area (Å²) < 4.78 is 2.38. The van der Waals surface area contributed by atoms with Crippen LogP contribution < -0.4 is 16.4 Å². The van der Waals surface area contributed by atoms with Gasteiger partial charge in [-0.15, -0.1) is 0 Å². The maximum atomic E-state index is 12.8. The molecule has 0 atom stereocenters. The van der Waals surface area contributed by atoms with Crippen molar-refractivity contribution in [2.45, 2.75) is 91.9 Å². The molecule has 0 saturated carbocycles. The Morgan fingerprint density at radius 3 is 1.86 bits per heavy atom. The van der Waals surface area contributed by atoms with Crippen LogP contribution in [0.5, 0.6) is 5.75 Å². The summed E-state index contributed by atoms with van der Waals surface area (Å²) >= 11 is 0. The Hall–Kier alpha value is -7.76. The van der Waals surface area contributed by atoms with Gasteiger partial charge < -0.3 is 5.11 Å². The SMILES string of the molecule is CC(C)c1cc(-c2ccccc2)cc(C(C)C)c1-n1c(-c2cc(C(C)(C)C)cc(C(C)(C)C)c2O)nc2c(-c3ccc4c5ccccc5c5c6c(ccc5c4n3)B3c4ccccc4-c4cccc-6c43)cccc21. The Labute approximate surface area is 429 Å². The van der Waals surface area contributed by atoms with E-state index in [1.165, 1.54) is 77.1 Å². The van der Waals surface area contributed by atoms with E-state index in [0.29, 0.717) is 0 Å². The first-order chi connectivity index (χ1) is 35.1. The standard InChI is InChI=1S/C68H60BN3O/c1-38(2)51-34-41(40-20-12-11-13-21-40)35-52(39(3)4)64(51)72-58-29-19-26-48(63(58)71-66(72)53-36-42(67(5,6)7)37-54(65(53)73)68(8,9)10)57-33-31-47-43-22-14-15-24-45(43)59-50(62(47)70-57)30-32-56-60(59)49-27-18-25-46-44-23-16-17-28-55(44)69(56)61(46)49/h11-39,73H,1-10H3. The molecule has 13 rings (SSSR count). The lowest BCUT2D eigenvalue weighted by Crippen LogP contribution is -2.45. The maximum Gasteiger partial charge on any atom is 0.244 e. The van der Waals surface area contributed by atoms with E-state index in [0.717, 1.165) is 66.8 Å². The summed E-state index contributed by atoms with van der Waals surface area (Å²) in [6.45, 7) is 22.7. The molecule has 0 fully saturated rings. The monoisotopic (exact) mass is 945 g/mol. The number of fused-ring (bicyclic) bond motifs is 14.